The number of anilines is 2. The van der Waals surface area contributed by atoms with Crippen LogP contribution < -0.4 is 10.6 Å². The monoisotopic (exact) mass is 604 g/mol. The van der Waals surface area contributed by atoms with Gasteiger partial charge in [-0.15, -0.1) is 0 Å². The highest BCUT2D eigenvalue weighted by Crippen LogP contribution is 2.28. The third-order valence-electron chi connectivity index (χ3n) is 3.58. The highest BCUT2D eigenvalue weighted by Gasteiger charge is 2.22. The zero-order valence-electron chi connectivity index (χ0n) is 15.1. The van der Waals surface area contributed by atoms with Crippen LogP contribution in [0.3, 0.4) is 0 Å². The maximum absolute atomic E-state index is 12.9. The summed E-state index contributed by atoms with van der Waals surface area (Å²) < 4.78 is 2.59. The van der Waals surface area contributed by atoms with Gasteiger partial charge in [0.05, 0.1) is 11.4 Å². The molecule has 0 atom stereocenters. The van der Waals surface area contributed by atoms with E-state index >= 15 is 0 Å². The number of hydrogen-bond acceptors (Lipinski definition) is 3. The van der Waals surface area contributed by atoms with Crippen LogP contribution in [0.4, 0.5) is 11.4 Å². The van der Waals surface area contributed by atoms with Crippen molar-refractivity contribution in [3.63, 3.8) is 0 Å². The number of benzene rings is 2. The highest BCUT2D eigenvalue weighted by molar-refractivity contribution is 14.1. The standard InChI is InChI=1S/C20H19Br2IN2O2/c1-20(2,3)18(26)11-17(24-15-9-8-12(21)10-13(15)22)19(27)25-16-7-5-4-6-14(16)23/h4-11,24H,1-3H3,(H,25,27). The zero-order valence-corrected chi connectivity index (χ0v) is 20.4. The number of allylic oxidation sites excluding steroid dienone is 1. The van der Waals surface area contributed by atoms with Gasteiger partial charge in [0.1, 0.15) is 5.70 Å². The Morgan fingerprint density at radius 2 is 1.67 bits per heavy atom. The molecule has 0 spiro atoms. The van der Waals surface area contributed by atoms with Gasteiger partial charge in [0, 0.05) is 24.0 Å². The average molecular weight is 606 g/mol. The summed E-state index contributed by atoms with van der Waals surface area (Å²) in [6.07, 6.45) is 1.36. The molecule has 2 aromatic carbocycles. The normalized spacial score (nSPS) is 11.9. The van der Waals surface area contributed by atoms with Crippen LogP contribution in [0.25, 0.3) is 0 Å². The minimum Gasteiger partial charge on any atom is -0.350 e. The van der Waals surface area contributed by atoms with E-state index in [2.05, 4.69) is 65.1 Å². The smallest absolute Gasteiger partial charge is 0.272 e. The fourth-order valence-corrected chi connectivity index (χ4v) is 3.66. The summed E-state index contributed by atoms with van der Waals surface area (Å²) in [5, 5.41) is 5.94. The molecule has 0 aromatic heterocycles. The Hall–Kier alpha value is -1.19. The van der Waals surface area contributed by atoms with Gasteiger partial charge in [-0.05, 0) is 68.9 Å². The van der Waals surface area contributed by atoms with Gasteiger partial charge in [-0.1, -0.05) is 48.8 Å². The molecule has 7 heteroatoms. The van der Waals surface area contributed by atoms with Crippen molar-refractivity contribution in [3.05, 3.63) is 66.8 Å². The molecule has 4 nitrogen and oxygen atoms in total. The summed E-state index contributed by atoms with van der Waals surface area (Å²) in [6.45, 7) is 5.45. The van der Waals surface area contributed by atoms with Crippen molar-refractivity contribution in [2.45, 2.75) is 20.8 Å². The molecule has 1 amide bonds. The largest absolute Gasteiger partial charge is 0.350 e. The van der Waals surface area contributed by atoms with Gasteiger partial charge in [0.2, 0.25) is 0 Å². The van der Waals surface area contributed by atoms with Gasteiger partial charge >= 0.3 is 0 Å². The first-order chi connectivity index (χ1) is 12.6. The number of carbonyl (C=O) groups excluding carboxylic acids is 2. The van der Waals surface area contributed by atoms with Gasteiger partial charge < -0.3 is 10.6 Å². The first kappa shape index (κ1) is 22.1. The van der Waals surface area contributed by atoms with Crippen molar-refractivity contribution in [1.82, 2.24) is 0 Å². The second-order valence-corrected chi connectivity index (χ2v) is 9.79. The Balaban J connectivity index is 2.37. The zero-order chi connectivity index (χ0) is 20.2. The van der Waals surface area contributed by atoms with Crippen molar-refractivity contribution < 1.29 is 9.59 Å². The topological polar surface area (TPSA) is 58.2 Å². The third-order valence-corrected chi connectivity index (χ3v) is 5.67. The van der Waals surface area contributed by atoms with Gasteiger partial charge in [0.25, 0.3) is 5.91 Å². The quantitative estimate of drug-likeness (QED) is 0.308. The molecule has 0 unspecified atom stereocenters. The van der Waals surface area contributed by atoms with Crippen LogP contribution in [0.2, 0.25) is 0 Å². The van der Waals surface area contributed by atoms with Crippen LogP contribution >= 0.6 is 54.5 Å². The molecule has 0 bridgehead atoms. The van der Waals surface area contributed by atoms with Crippen molar-refractivity contribution in [2.24, 2.45) is 5.41 Å². The number of amides is 1. The first-order valence-electron chi connectivity index (χ1n) is 8.12. The summed E-state index contributed by atoms with van der Waals surface area (Å²) in [5.74, 6) is -0.525. The number of rotatable bonds is 5. The van der Waals surface area contributed by atoms with E-state index in [9.17, 15) is 9.59 Å². The fraction of sp³-hybridized carbons (Fsp3) is 0.200. The molecule has 0 aliphatic heterocycles. The lowest BCUT2D eigenvalue weighted by atomic mass is 9.90. The maximum Gasteiger partial charge on any atom is 0.272 e. The molecule has 0 saturated heterocycles. The first-order valence-corrected chi connectivity index (χ1v) is 10.8. The minimum absolute atomic E-state index is 0.142. The lowest BCUT2D eigenvalue weighted by molar-refractivity contribution is -0.122. The van der Waals surface area contributed by atoms with Crippen molar-refractivity contribution in [1.29, 1.82) is 0 Å². The van der Waals surface area contributed by atoms with E-state index in [0.29, 0.717) is 11.4 Å². The highest BCUT2D eigenvalue weighted by atomic mass is 127. The number of hydrogen-bond donors (Lipinski definition) is 2. The molecule has 0 aliphatic carbocycles. The molecule has 27 heavy (non-hydrogen) atoms. The number of carbonyl (C=O) groups is 2. The predicted molar refractivity (Wildman–Crippen MR) is 126 cm³/mol. The van der Waals surface area contributed by atoms with E-state index in [4.69, 9.17) is 0 Å². The Morgan fingerprint density at radius 3 is 2.26 bits per heavy atom. The molecule has 0 aliphatic rings. The fourth-order valence-electron chi connectivity index (χ4n) is 1.99. The predicted octanol–water partition coefficient (Wildman–Crippen LogP) is 6.37. The SMILES string of the molecule is CC(C)(C)C(=O)C=C(Nc1ccc(Br)cc1Br)C(=O)Nc1ccccc1I. The van der Waals surface area contributed by atoms with Crippen LogP contribution in [0.15, 0.2) is 63.2 Å². The summed E-state index contributed by atoms with van der Waals surface area (Å²) in [6, 6.07) is 13.0. The summed E-state index contributed by atoms with van der Waals surface area (Å²) >= 11 is 9.03. The van der Waals surface area contributed by atoms with Crippen molar-refractivity contribution in [3.8, 4) is 0 Å². The summed E-state index contributed by atoms with van der Waals surface area (Å²) in [7, 11) is 0. The van der Waals surface area contributed by atoms with E-state index in [0.717, 1.165) is 12.5 Å². The maximum atomic E-state index is 12.9. The second-order valence-electron chi connectivity index (χ2n) is 6.86. The molecule has 2 N–H and O–H groups in total. The number of para-hydroxylation sites is 1. The van der Waals surface area contributed by atoms with Gasteiger partial charge in [-0.25, -0.2) is 0 Å². The van der Waals surface area contributed by atoms with Crippen LogP contribution in [-0.4, -0.2) is 11.7 Å². The molecule has 0 heterocycles. The molecular formula is C20H19Br2IN2O2. The number of ketones is 1. The van der Waals surface area contributed by atoms with Gasteiger partial charge in [0.15, 0.2) is 5.78 Å². The van der Waals surface area contributed by atoms with Crippen molar-refractivity contribution in [2.75, 3.05) is 10.6 Å². The van der Waals surface area contributed by atoms with Gasteiger partial charge in [-0.2, -0.15) is 0 Å². The minimum atomic E-state index is -0.592. The third kappa shape index (κ3) is 6.43. The summed E-state index contributed by atoms with van der Waals surface area (Å²) in [5.41, 5.74) is 0.959. The molecule has 0 radical (unpaired) electrons. The van der Waals surface area contributed by atoms with Gasteiger partial charge in [-0.3, -0.25) is 9.59 Å². The van der Waals surface area contributed by atoms with Crippen LogP contribution in [0.5, 0.6) is 0 Å². The van der Waals surface area contributed by atoms with Crippen LogP contribution in [0, 0.1) is 8.99 Å². The number of nitrogens with one attached hydrogen (secondary N) is 2. The molecular weight excluding hydrogens is 587 g/mol. The summed E-state index contributed by atoms with van der Waals surface area (Å²) in [4.78, 5) is 25.4. The van der Waals surface area contributed by atoms with Crippen molar-refractivity contribution >= 4 is 77.5 Å². The Morgan fingerprint density at radius 1 is 1.00 bits per heavy atom. The molecule has 0 saturated carbocycles. The van der Waals surface area contributed by atoms with E-state index in [-0.39, 0.29) is 17.4 Å². The molecule has 2 aromatic rings. The number of halogens is 3. The van der Waals surface area contributed by atoms with E-state index in [1.54, 1.807) is 0 Å². The lowest BCUT2D eigenvalue weighted by Crippen LogP contribution is -2.25. The average Bonchev–Trinajstić information content (AvgIpc) is 2.57. The molecule has 2 rings (SSSR count). The molecule has 0 fully saturated rings. The second kappa shape index (κ2) is 9.34. The van der Waals surface area contributed by atoms with Crippen LogP contribution in [0.1, 0.15) is 20.8 Å². The van der Waals surface area contributed by atoms with E-state index < -0.39 is 5.41 Å². The Bertz CT molecular complexity index is 905. The Kier molecular flexibility index (Phi) is 7.64. The van der Waals surface area contributed by atoms with E-state index in [1.807, 2.05) is 63.2 Å². The lowest BCUT2D eigenvalue weighted by Gasteiger charge is -2.17. The Labute approximate surface area is 189 Å². The van der Waals surface area contributed by atoms with E-state index in [1.165, 1.54) is 6.08 Å². The van der Waals surface area contributed by atoms with Crippen LogP contribution in [-0.2, 0) is 9.59 Å². The molecule has 142 valence electrons.